The van der Waals surface area contributed by atoms with E-state index < -0.39 is 5.82 Å². The summed E-state index contributed by atoms with van der Waals surface area (Å²) in [5.74, 6) is -0.205. The van der Waals surface area contributed by atoms with E-state index >= 15 is 0 Å². The van der Waals surface area contributed by atoms with Gasteiger partial charge in [0.25, 0.3) is 0 Å². The van der Waals surface area contributed by atoms with Crippen molar-refractivity contribution in [3.8, 4) is 17.1 Å². The molecule has 2 aromatic rings. The summed E-state index contributed by atoms with van der Waals surface area (Å²) in [5, 5.41) is 12.9. The molecule has 3 N–H and O–H groups in total. The summed E-state index contributed by atoms with van der Waals surface area (Å²) in [7, 11) is 0. The quantitative estimate of drug-likeness (QED) is 0.789. The van der Waals surface area contributed by atoms with Crippen molar-refractivity contribution >= 4 is 17.6 Å². The molecule has 0 aliphatic carbocycles. The molecule has 6 heteroatoms. The third-order valence-corrected chi connectivity index (χ3v) is 2.87. The number of anilines is 1. The number of nitrogen functional groups attached to an aromatic ring is 1. The molecule has 0 amide bonds. The molecule has 0 fully saturated rings. The van der Waals surface area contributed by atoms with E-state index in [1.165, 1.54) is 18.2 Å². The van der Waals surface area contributed by atoms with Gasteiger partial charge in [0.15, 0.2) is 17.4 Å². The van der Waals surface area contributed by atoms with Crippen LogP contribution in [-0.4, -0.2) is 16.5 Å². The van der Waals surface area contributed by atoms with Crippen molar-refractivity contribution in [2.24, 2.45) is 0 Å². The summed E-state index contributed by atoms with van der Waals surface area (Å²) in [4.78, 5) is 0.174. The molecule has 84 valence electrons. The van der Waals surface area contributed by atoms with E-state index in [-0.39, 0.29) is 27.8 Å². The van der Waals surface area contributed by atoms with E-state index in [0.29, 0.717) is 0 Å². The number of benzene rings is 1. The molecular weight excluding hydrogens is 231 g/mol. The maximum absolute atomic E-state index is 13.9. The van der Waals surface area contributed by atoms with Gasteiger partial charge in [-0.25, -0.2) is 4.39 Å². The minimum atomic E-state index is -0.538. The number of nitrogens with two attached hydrogens (primary N) is 1. The average Bonchev–Trinajstić information content (AvgIpc) is 2.65. The highest BCUT2D eigenvalue weighted by molar-refractivity contribution is 7.98. The Hall–Kier alpha value is -1.69. The van der Waals surface area contributed by atoms with Gasteiger partial charge in [0.2, 0.25) is 0 Å². The Labute approximate surface area is 95.2 Å². The average molecular weight is 240 g/mol. The highest BCUT2D eigenvalue weighted by atomic mass is 32.2. The lowest BCUT2D eigenvalue weighted by atomic mass is 10.1. The number of nitrogens with zero attached hydrogens (tertiary/aromatic N) is 1. The van der Waals surface area contributed by atoms with Crippen LogP contribution >= 0.6 is 11.8 Å². The molecule has 4 nitrogen and oxygen atoms in total. The maximum Gasteiger partial charge on any atom is 0.172 e. The van der Waals surface area contributed by atoms with Crippen LogP contribution in [0.3, 0.4) is 0 Å². The standard InChI is InChI=1S/C10H9FN2O2S/c1-16-10-6(14)3-2-5(9(10)11)7-4-8(12)13-15-7/h2-4,14H,1H3,(H2,12,13). The lowest BCUT2D eigenvalue weighted by molar-refractivity contribution is 0.429. The van der Waals surface area contributed by atoms with Gasteiger partial charge in [0, 0.05) is 6.07 Å². The van der Waals surface area contributed by atoms with Crippen molar-refractivity contribution in [2.45, 2.75) is 4.90 Å². The fourth-order valence-corrected chi connectivity index (χ4v) is 1.91. The zero-order chi connectivity index (χ0) is 11.7. The van der Waals surface area contributed by atoms with Gasteiger partial charge in [0.05, 0.1) is 10.5 Å². The molecule has 0 saturated carbocycles. The molecule has 1 heterocycles. The number of halogens is 1. The fourth-order valence-electron chi connectivity index (χ4n) is 1.35. The predicted octanol–water partition coefficient (Wildman–Crippen LogP) is 2.49. The molecule has 0 saturated heterocycles. The van der Waals surface area contributed by atoms with Gasteiger partial charge in [-0.3, -0.25) is 0 Å². The third-order valence-electron chi connectivity index (χ3n) is 2.07. The Morgan fingerprint density at radius 2 is 2.25 bits per heavy atom. The molecule has 16 heavy (non-hydrogen) atoms. The van der Waals surface area contributed by atoms with E-state index in [1.54, 1.807) is 6.26 Å². The number of hydrogen-bond donors (Lipinski definition) is 2. The second-order valence-electron chi connectivity index (χ2n) is 3.10. The number of aromatic hydroxyl groups is 1. The van der Waals surface area contributed by atoms with Gasteiger partial charge >= 0.3 is 0 Å². The zero-order valence-electron chi connectivity index (χ0n) is 8.40. The van der Waals surface area contributed by atoms with E-state index in [2.05, 4.69) is 5.16 Å². The van der Waals surface area contributed by atoms with E-state index in [4.69, 9.17) is 10.3 Å². The Balaban J connectivity index is 2.58. The summed E-state index contributed by atoms with van der Waals surface area (Å²) in [6.07, 6.45) is 1.68. The topological polar surface area (TPSA) is 72.3 Å². The first-order chi connectivity index (χ1) is 7.63. The molecule has 0 spiro atoms. The molecule has 0 aliphatic heterocycles. The summed E-state index contributed by atoms with van der Waals surface area (Å²) in [6, 6.07) is 4.26. The van der Waals surface area contributed by atoms with E-state index in [9.17, 15) is 9.50 Å². The Kier molecular flexibility index (Phi) is 2.74. The lowest BCUT2D eigenvalue weighted by Gasteiger charge is -2.05. The second-order valence-corrected chi connectivity index (χ2v) is 3.91. The van der Waals surface area contributed by atoms with Crippen LogP contribution < -0.4 is 5.73 Å². The number of aromatic nitrogens is 1. The molecule has 0 radical (unpaired) electrons. The van der Waals surface area contributed by atoms with Crippen LogP contribution in [0.4, 0.5) is 10.2 Å². The minimum Gasteiger partial charge on any atom is -0.507 e. The summed E-state index contributed by atoms with van der Waals surface area (Å²) in [5.41, 5.74) is 5.61. The first kappa shape index (κ1) is 10.8. The van der Waals surface area contributed by atoms with Crippen LogP contribution in [0.1, 0.15) is 0 Å². The number of rotatable bonds is 2. The zero-order valence-corrected chi connectivity index (χ0v) is 9.21. The number of phenols is 1. The maximum atomic E-state index is 13.9. The van der Waals surface area contributed by atoms with Gasteiger partial charge in [0.1, 0.15) is 5.75 Å². The minimum absolute atomic E-state index is 0.0961. The van der Waals surface area contributed by atoms with Crippen molar-refractivity contribution in [3.05, 3.63) is 24.0 Å². The number of hydrogen-bond acceptors (Lipinski definition) is 5. The van der Waals surface area contributed by atoms with Gasteiger partial charge in [-0.05, 0) is 18.4 Å². The predicted molar refractivity (Wildman–Crippen MR) is 59.8 cm³/mol. The first-order valence-electron chi connectivity index (χ1n) is 4.41. The second kappa shape index (κ2) is 4.05. The molecule has 1 aromatic heterocycles. The molecule has 1 aromatic carbocycles. The smallest absolute Gasteiger partial charge is 0.172 e. The summed E-state index contributed by atoms with van der Waals surface area (Å²) in [6.45, 7) is 0. The highest BCUT2D eigenvalue weighted by Gasteiger charge is 2.16. The summed E-state index contributed by atoms with van der Waals surface area (Å²) >= 11 is 1.12. The van der Waals surface area contributed by atoms with Crippen LogP contribution in [0.5, 0.6) is 5.75 Å². The van der Waals surface area contributed by atoms with Crippen LogP contribution in [-0.2, 0) is 0 Å². The van der Waals surface area contributed by atoms with Crippen molar-refractivity contribution in [1.82, 2.24) is 5.16 Å². The van der Waals surface area contributed by atoms with Crippen LogP contribution in [0.2, 0.25) is 0 Å². The molecule has 0 bridgehead atoms. The van der Waals surface area contributed by atoms with Gasteiger partial charge in [-0.2, -0.15) is 0 Å². The van der Waals surface area contributed by atoms with Crippen molar-refractivity contribution in [3.63, 3.8) is 0 Å². The van der Waals surface area contributed by atoms with Crippen LogP contribution in [0.15, 0.2) is 27.6 Å². The molecule has 0 aliphatic rings. The van der Waals surface area contributed by atoms with Crippen molar-refractivity contribution < 1.29 is 14.0 Å². The number of phenolic OH excluding ortho intramolecular Hbond substituents is 1. The molecule has 0 unspecified atom stereocenters. The fraction of sp³-hybridized carbons (Fsp3) is 0.100. The van der Waals surface area contributed by atoms with Gasteiger partial charge < -0.3 is 15.4 Å². The van der Waals surface area contributed by atoms with E-state index in [1.807, 2.05) is 0 Å². The Morgan fingerprint density at radius 3 is 2.81 bits per heavy atom. The normalized spacial score (nSPS) is 10.6. The first-order valence-corrected chi connectivity index (χ1v) is 5.64. The van der Waals surface area contributed by atoms with Crippen LogP contribution in [0, 0.1) is 5.82 Å². The SMILES string of the molecule is CSc1c(O)ccc(-c2cc(N)no2)c1F. The van der Waals surface area contributed by atoms with Crippen molar-refractivity contribution in [2.75, 3.05) is 12.0 Å². The number of thioether (sulfide) groups is 1. The molecule has 2 rings (SSSR count). The van der Waals surface area contributed by atoms with Gasteiger partial charge in [-0.1, -0.05) is 5.16 Å². The third kappa shape index (κ3) is 1.71. The Morgan fingerprint density at radius 1 is 1.50 bits per heavy atom. The largest absolute Gasteiger partial charge is 0.507 e. The highest BCUT2D eigenvalue weighted by Crippen LogP contribution is 2.35. The van der Waals surface area contributed by atoms with Crippen molar-refractivity contribution in [1.29, 1.82) is 0 Å². The Bertz CT molecular complexity index is 528. The molecule has 0 atom stereocenters. The van der Waals surface area contributed by atoms with Crippen LogP contribution in [0.25, 0.3) is 11.3 Å². The summed E-state index contributed by atoms with van der Waals surface area (Å²) < 4.78 is 18.8. The lowest BCUT2D eigenvalue weighted by Crippen LogP contribution is -1.87. The van der Waals surface area contributed by atoms with E-state index in [0.717, 1.165) is 11.8 Å². The van der Waals surface area contributed by atoms with Gasteiger partial charge in [-0.15, -0.1) is 11.8 Å². The molecular formula is C10H9FN2O2S. The monoisotopic (exact) mass is 240 g/mol.